The smallest absolute Gasteiger partial charge is 0.258 e. The summed E-state index contributed by atoms with van der Waals surface area (Å²) in [5.41, 5.74) is 0.564. The Kier molecular flexibility index (Phi) is 5.26. The Labute approximate surface area is 149 Å². The van der Waals surface area contributed by atoms with Crippen molar-refractivity contribution in [1.29, 1.82) is 0 Å². The van der Waals surface area contributed by atoms with Crippen molar-refractivity contribution in [3.05, 3.63) is 83.9 Å². The zero-order valence-electron chi connectivity index (χ0n) is 14.0. The van der Waals surface area contributed by atoms with Crippen LogP contribution >= 0.6 is 0 Å². The van der Waals surface area contributed by atoms with Crippen molar-refractivity contribution in [2.24, 2.45) is 7.05 Å². The molecule has 0 aliphatic rings. The van der Waals surface area contributed by atoms with Gasteiger partial charge in [0, 0.05) is 19.4 Å². The largest absolute Gasteiger partial charge is 0.484 e. The number of carbonyl (C=O) groups excluding carboxylic acids is 1. The summed E-state index contributed by atoms with van der Waals surface area (Å²) < 4.78 is 33.6. The normalized spacial score (nSPS) is 11.8. The molecule has 0 radical (unpaired) electrons. The molecule has 5 nitrogen and oxygen atoms in total. The fraction of sp³-hybridized carbons (Fsp3) is 0.158. The summed E-state index contributed by atoms with van der Waals surface area (Å²) in [7, 11) is 1.79. The Balaban J connectivity index is 1.74. The zero-order chi connectivity index (χ0) is 18.5. The van der Waals surface area contributed by atoms with E-state index in [-0.39, 0.29) is 12.4 Å². The minimum absolute atomic E-state index is 0.262. The molecule has 1 aromatic heterocycles. The lowest BCUT2D eigenvalue weighted by Gasteiger charge is -2.19. The highest BCUT2D eigenvalue weighted by atomic mass is 19.1. The van der Waals surface area contributed by atoms with Crippen molar-refractivity contribution in [2.45, 2.75) is 6.04 Å². The van der Waals surface area contributed by atoms with E-state index in [2.05, 4.69) is 10.3 Å². The van der Waals surface area contributed by atoms with Gasteiger partial charge in [0.2, 0.25) is 0 Å². The van der Waals surface area contributed by atoms with Crippen LogP contribution in [0.4, 0.5) is 8.78 Å². The highest BCUT2D eigenvalue weighted by Gasteiger charge is 2.21. The molecular formula is C19H17F2N3O2. The van der Waals surface area contributed by atoms with Gasteiger partial charge >= 0.3 is 0 Å². The number of hydrogen-bond acceptors (Lipinski definition) is 3. The average Bonchev–Trinajstić information content (AvgIpc) is 3.05. The van der Waals surface area contributed by atoms with Crippen molar-refractivity contribution in [1.82, 2.24) is 14.9 Å². The number of carbonyl (C=O) groups is 1. The summed E-state index contributed by atoms with van der Waals surface area (Å²) in [5, 5.41) is 2.80. The number of imidazole rings is 1. The number of amides is 1. The van der Waals surface area contributed by atoms with Gasteiger partial charge in [0.1, 0.15) is 29.3 Å². The second-order valence-corrected chi connectivity index (χ2v) is 5.69. The van der Waals surface area contributed by atoms with Gasteiger partial charge in [-0.15, -0.1) is 0 Å². The number of aryl methyl sites for hydroxylation is 1. The van der Waals surface area contributed by atoms with Gasteiger partial charge < -0.3 is 14.6 Å². The second-order valence-electron chi connectivity index (χ2n) is 5.69. The summed E-state index contributed by atoms with van der Waals surface area (Å²) in [6.45, 7) is -0.262. The van der Waals surface area contributed by atoms with Crippen LogP contribution in [-0.2, 0) is 11.8 Å². The van der Waals surface area contributed by atoms with E-state index in [9.17, 15) is 13.6 Å². The highest BCUT2D eigenvalue weighted by molar-refractivity contribution is 5.78. The maximum Gasteiger partial charge on any atom is 0.258 e. The molecule has 0 saturated heterocycles. The number of hydrogen-bond donors (Lipinski definition) is 1. The Morgan fingerprint density at radius 3 is 2.62 bits per heavy atom. The van der Waals surface area contributed by atoms with Gasteiger partial charge in [-0.3, -0.25) is 4.79 Å². The van der Waals surface area contributed by atoms with Gasteiger partial charge in [-0.05, 0) is 42.0 Å². The number of halogens is 2. The lowest BCUT2D eigenvalue weighted by Crippen LogP contribution is -2.34. The van der Waals surface area contributed by atoms with Crippen LogP contribution in [0, 0.1) is 11.6 Å². The number of rotatable bonds is 6. The first-order chi connectivity index (χ1) is 12.5. The van der Waals surface area contributed by atoms with Gasteiger partial charge in [-0.25, -0.2) is 13.8 Å². The second kappa shape index (κ2) is 7.77. The molecule has 1 N–H and O–H groups in total. The number of benzene rings is 2. The van der Waals surface area contributed by atoms with E-state index in [1.807, 2.05) is 0 Å². The summed E-state index contributed by atoms with van der Waals surface area (Å²) in [4.78, 5) is 16.6. The van der Waals surface area contributed by atoms with Gasteiger partial charge in [0.05, 0.1) is 0 Å². The van der Waals surface area contributed by atoms with Gasteiger partial charge in [-0.1, -0.05) is 12.1 Å². The van der Waals surface area contributed by atoms with Crippen LogP contribution in [-0.4, -0.2) is 22.1 Å². The lowest BCUT2D eigenvalue weighted by molar-refractivity contribution is -0.123. The first-order valence-corrected chi connectivity index (χ1v) is 7.93. The Morgan fingerprint density at radius 2 is 1.96 bits per heavy atom. The van der Waals surface area contributed by atoms with Crippen molar-refractivity contribution < 1.29 is 18.3 Å². The molecule has 3 aromatic rings. The Bertz CT molecular complexity index is 894. The third-order valence-corrected chi connectivity index (χ3v) is 3.79. The first kappa shape index (κ1) is 17.6. The SMILES string of the molecule is Cn1ccnc1C(NC(=O)COc1ccc(F)cc1)c1cccc(F)c1. The molecule has 0 spiro atoms. The fourth-order valence-corrected chi connectivity index (χ4v) is 2.52. The minimum atomic E-state index is -0.630. The molecule has 1 unspecified atom stereocenters. The lowest BCUT2D eigenvalue weighted by atomic mass is 10.1. The monoisotopic (exact) mass is 357 g/mol. The summed E-state index contributed by atoms with van der Waals surface area (Å²) >= 11 is 0. The Morgan fingerprint density at radius 1 is 1.19 bits per heavy atom. The average molecular weight is 357 g/mol. The molecule has 0 aliphatic carbocycles. The van der Waals surface area contributed by atoms with Crippen molar-refractivity contribution in [3.8, 4) is 5.75 Å². The highest BCUT2D eigenvalue weighted by Crippen LogP contribution is 2.21. The third kappa shape index (κ3) is 4.24. The van der Waals surface area contributed by atoms with Crippen LogP contribution in [0.15, 0.2) is 60.9 Å². The van der Waals surface area contributed by atoms with E-state index in [4.69, 9.17) is 4.74 Å². The molecule has 134 valence electrons. The minimum Gasteiger partial charge on any atom is -0.484 e. The summed E-state index contributed by atoms with van der Waals surface area (Å²) in [6.07, 6.45) is 3.34. The Hall–Kier alpha value is -3.22. The fourth-order valence-electron chi connectivity index (χ4n) is 2.52. The van der Waals surface area contributed by atoms with Crippen LogP contribution in [0.25, 0.3) is 0 Å². The molecule has 0 bridgehead atoms. The number of nitrogens with one attached hydrogen (secondary N) is 1. The molecule has 1 atom stereocenters. The van der Waals surface area contributed by atoms with E-state index in [1.54, 1.807) is 36.1 Å². The molecular weight excluding hydrogens is 340 g/mol. The number of ether oxygens (including phenoxy) is 1. The molecule has 0 saturated carbocycles. The molecule has 1 amide bonds. The number of aromatic nitrogens is 2. The van der Waals surface area contributed by atoms with Gasteiger partial charge in [-0.2, -0.15) is 0 Å². The predicted molar refractivity (Wildman–Crippen MR) is 91.5 cm³/mol. The van der Waals surface area contributed by atoms with Crippen molar-refractivity contribution >= 4 is 5.91 Å². The molecule has 3 rings (SSSR count). The maximum atomic E-state index is 13.6. The van der Waals surface area contributed by atoms with Crippen LogP contribution in [0.3, 0.4) is 0 Å². The molecule has 0 fully saturated rings. The van der Waals surface area contributed by atoms with Crippen LogP contribution in [0.1, 0.15) is 17.4 Å². The summed E-state index contributed by atoms with van der Waals surface area (Å²) in [5.74, 6) is -0.264. The third-order valence-electron chi connectivity index (χ3n) is 3.79. The standard InChI is InChI=1S/C19H17F2N3O2/c1-24-10-9-22-19(24)18(13-3-2-4-15(21)11-13)23-17(25)12-26-16-7-5-14(20)6-8-16/h2-11,18H,12H2,1H3,(H,23,25). The summed E-state index contributed by atoms with van der Waals surface area (Å²) in [6, 6.07) is 10.7. The quantitative estimate of drug-likeness (QED) is 0.738. The number of nitrogens with zero attached hydrogens (tertiary/aromatic N) is 2. The van der Waals surface area contributed by atoms with Gasteiger partial charge in [0.25, 0.3) is 5.91 Å². The van der Waals surface area contributed by atoms with Crippen LogP contribution < -0.4 is 10.1 Å². The van der Waals surface area contributed by atoms with Crippen molar-refractivity contribution in [3.63, 3.8) is 0 Å². The molecule has 0 aliphatic heterocycles. The molecule has 7 heteroatoms. The molecule has 1 heterocycles. The zero-order valence-corrected chi connectivity index (χ0v) is 14.0. The van der Waals surface area contributed by atoms with Crippen LogP contribution in [0.5, 0.6) is 5.75 Å². The van der Waals surface area contributed by atoms with E-state index in [0.717, 1.165) is 0 Å². The van der Waals surface area contributed by atoms with E-state index in [0.29, 0.717) is 17.1 Å². The maximum absolute atomic E-state index is 13.6. The van der Waals surface area contributed by atoms with E-state index >= 15 is 0 Å². The first-order valence-electron chi connectivity index (χ1n) is 7.93. The van der Waals surface area contributed by atoms with Gasteiger partial charge in [0.15, 0.2) is 6.61 Å². The van der Waals surface area contributed by atoms with E-state index in [1.165, 1.54) is 36.4 Å². The molecule has 26 heavy (non-hydrogen) atoms. The van der Waals surface area contributed by atoms with Crippen molar-refractivity contribution in [2.75, 3.05) is 6.61 Å². The van der Waals surface area contributed by atoms with Crippen LogP contribution in [0.2, 0.25) is 0 Å². The topological polar surface area (TPSA) is 56.2 Å². The van der Waals surface area contributed by atoms with E-state index < -0.39 is 17.8 Å². The predicted octanol–water partition coefficient (Wildman–Crippen LogP) is 2.98. The molecule has 2 aromatic carbocycles.